The van der Waals surface area contributed by atoms with Crippen molar-refractivity contribution in [3.05, 3.63) is 0 Å². The highest BCUT2D eigenvalue weighted by atomic mass is 16.5. The molecule has 0 heterocycles. The minimum Gasteiger partial charge on any atom is -0.374 e. The van der Waals surface area contributed by atoms with E-state index >= 15 is 0 Å². The quantitative estimate of drug-likeness (QED) is 0.554. The lowest BCUT2D eigenvalue weighted by Gasteiger charge is -2.45. The Bertz CT molecular complexity index is 217. The van der Waals surface area contributed by atoms with Gasteiger partial charge in [0.05, 0.1) is 11.6 Å². The maximum absolute atomic E-state index is 6.15. The van der Waals surface area contributed by atoms with Gasteiger partial charge in [-0.25, -0.2) is 0 Å². The van der Waals surface area contributed by atoms with Crippen LogP contribution in [0.3, 0.4) is 0 Å². The Morgan fingerprint density at radius 3 is 2.41 bits per heavy atom. The van der Waals surface area contributed by atoms with E-state index in [0.29, 0.717) is 6.04 Å². The van der Waals surface area contributed by atoms with E-state index in [4.69, 9.17) is 10.6 Å². The first kappa shape index (κ1) is 13.3. The van der Waals surface area contributed by atoms with Crippen LogP contribution in [0.4, 0.5) is 0 Å². The SMILES string of the molecule is CCOC1(C(CC2CCC2)NN)CCCCC1. The number of nitrogens with one attached hydrogen (secondary N) is 1. The van der Waals surface area contributed by atoms with Crippen molar-refractivity contribution in [2.24, 2.45) is 11.8 Å². The van der Waals surface area contributed by atoms with Crippen molar-refractivity contribution in [1.29, 1.82) is 0 Å². The van der Waals surface area contributed by atoms with Gasteiger partial charge in [0.1, 0.15) is 0 Å². The summed E-state index contributed by atoms with van der Waals surface area (Å²) < 4.78 is 6.15. The predicted octanol–water partition coefficient (Wildman–Crippen LogP) is 2.75. The number of hydrazine groups is 1. The molecule has 0 bridgehead atoms. The summed E-state index contributed by atoms with van der Waals surface area (Å²) in [7, 11) is 0. The number of ether oxygens (including phenoxy) is 1. The number of hydrogen-bond donors (Lipinski definition) is 2. The van der Waals surface area contributed by atoms with Crippen LogP contribution in [0.5, 0.6) is 0 Å². The molecule has 2 fully saturated rings. The second-order valence-corrected chi connectivity index (χ2v) is 5.81. The van der Waals surface area contributed by atoms with Gasteiger partial charge >= 0.3 is 0 Å². The van der Waals surface area contributed by atoms with Gasteiger partial charge in [0.15, 0.2) is 0 Å². The van der Waals surface area contributed by atoms with Crippen LogP contribution in [0.2, 0.25) is 0 Å². The summed E-state index contributed by atoms with van der Waals surface area (Å²) in [6.45, 7) is 2.91. The summed E-state index contributed by atoms with van der Waals surface area (Å²) in [6, 6.07) is 0.355. The largest absolute Gasteiger partial charge is 0.374 e. The van der Waals surface area contributed by atoms with Crippen LogP contribution in [-0.2, 0) is 4.74 Å². The molecule has 3 heteroatoms. The summed E-state index contributed by atoms with van der Waals surface area (Å²) in [5.74, 6) is 6.70. The highest BCUT2D eigenvalue weighted by Crippen LogP contribution is 2.39. The molecule has 2 saturated carbocycles. The summed E-state index contributed by atoms with van der Waals surface area (Å²) in [4.78, 5) is 0. The molecule has 0 amide bonds. The smallest absolute Gasteiger partial charge is 0.0848 e. The topological polar surface area (TPSA) is 47.3 Å². The fourth-order valence-corrected chi connectivity index (χ4v) is 3.53. The molecule has 0 aliphatic heterocycles. The van der Waals surface area contributed by atoms with Crippen LogP contribution in [0.25, 0.3) is 0 Å². The van der Waals surface area contributed by atoms with Gasteiger partial charge in [0.2, 0.25) is 0 Å². The Morgan fingerprint density at radius 2 is 1.94 bits per heavy atom. The van der Waals surface area contributed by atoms with Crippen LogP contribution < -0.4 is 11.3 Å². The maximum atomic E-state index is 6.15. The lowest BCUT2D eigenvalue weighted by atomic mass is 9.72. The summed E-state index contributed by atoms with van der Waals surface area (Å²) in [5.41, 5.74) is 3.10. The third kappa shape index (κ3) is 3.01. The molecule has 3 nitrogen and oxygen atoms in total. The zero-order chi connectivity index (χ0) is 12.1. The van der Waals surface area contributed by atoms with E-state index in [2.05, 4.69) is 12.3 Å². The molecule has 1 atom stereocenters. The molecule has 0 radical (unpaired) electrons. The van der Waals surface area contributed by atoms with Crippen LogP contribution in [0.1, 0.15) is 64.7 Å². The minimum atomic E-state index is 0.0251. The van der Waals surface area contributed by atoms with Gasteiger partial charge in [-0.1, -0.05) is 38.5 Å². The molecule has 0 saturated heterocycles. The van der Waals surface area contributed by atoms with E-state index in [-0.39, 0.29) is 5.60 Å². The molecule has 17 heavy (non-hydrogen) atoms. The Morgan fingerprint density at radius 1 is 1.24 bits per heavy atom. The monoisotopic (exact) mass is 240 g/mol. The first-order valence-corrected chi connectivity index (χ1v) is 7.41. The maximum Gasteiger partial charge on any atom is 0.0848 e. The van der Waals surface area contributed by atoms with E-state index in [1.165, 1.54) is 57.8 Å². The molecule has 100 valence electrons. The molecule has 0 aromatic rings. The number of rotatable bonds is 6. The lowest BCUT2D eigenvalue weighted by molar-refractivity contribution is -0.0961. The first-order chi connectivity index (χ1) is 8.30. The molecule has 0 aromatic carbocycles. The molecule has 0 aromatic heterocycles. The van der Waals surface area contributed by atoms with Crippen molar-refractivity contribution in [2.45, 2.75) is 76.4 Å². The van der Waals surface area contributed by atoms with Gasteiger partial charge in [-0.05, 0) is 32.1 Å². The lowest BCUT2D eigenvalue weighted by Crippen LogP contribution is -2.56. The standard InChI is InChI=1S/C14H28N2O/c1-2-17-14(9-4-3-5-10-14)13(16-15)11-12-7-6-8-12/h12-13,16H,2-11,15H2,1H3. The highest BCUT2D eigenvalue weighted by molar-refractivity contribution is 4.96. The fraction of sp³-hybridized carbons (Fsp3) is 1.00. The number of hydrogen-bond acceptors (Lipinski definition) is 3. The third-order valence-electron chi connectivity index (χ3n) is 4.76. The van der Waals surface area contributed by atoms with Crippen LogP contribution in [-0.4, -0.2) is 18.2 Å². The van der Waals surface area contributed by atoms with Gasteiger partial charge < -0.3 is 4.74 Å². The second-order valence-electron chi connectivity index (χ2n) is 5.81. The van der Waals surface area contributed by atoms with Gasteiger partial charge in [-0.15, -0.1) is 0 Å². The van der Waals surface area contributed by atoms with Crippen molar-refractivity contribution >= 4 is 0 Å². The second kappa shape index (κ2) is 6.17. The molecule has 2 rings (SSSR count). The van der Waals surface area contributed by atoms with Crippen LogP contribution >= 0.6 is 0 Å². The molecule has 1 unspecified atom stereocenters. The predicted molar refractivity (Wildman–Crippen MR) is 70.5 cm³/mol. The molecule has 2 aliphatic rings. The van der Waals surface area contributed by atoms with Crippen molar-refractivity contribution in [1.82, 2.24) is 5.43 Å². The normalized spacial score (nSPS) is 26.5. The fourth-order valence-electron chi connectivity index (χ4n) is 3.53. The molecule has 0 spiro atoms. The van der Waals surface area contributed by atoms with Gasteiger partial charge in [0, 0.05) is 6.61 Å². The van der Waals surface area contributed by atoms with Crippen LogP contribution in [0, 0.1) is 5.92 Å². The van der Waals surface area contributed by atoms with E-state index in [9.17, 15) is 0 Å². The zero-order valence-corrected chi connectivity index (χ0v) is 11.2. The van der Waals surface area contributed by atoms with E-state index in [1.54, 1.807) is 0 Å². The highest BCUT2D eigenvalue weighted by Gasteiger charge is 2.41. The van der Waals surface area contributed by atoms with Crippen LogP contribution in [0.15, 0.2) is 0 Å². The Hall–Kier alpha value is -0.120. The van der Waals surface area contributed by atoms with E-state index in [0.717, 1.165) is 12.5 Å². The summed E-state index contributed by atoms with van der Waals surface area (Å²) in [6.07, 6.45) is 11.7. The average Bonchev–Trinajstić information content (AvgIpc) is 2.29. The molecule has 3 N–H and O–H groups in total. The van der Waals surface area contributed by atoms with Gasteiger partial charge in [0.25, 0.3) is 0 Å². The molecular formula is C14H28N2O. The van der Waals surface area contributed by atoms with Crippen molar-refractivity contribution in [3.8, 4) is 0 Å². The Balaban J connectivity index is 1.99. The molecule has 2 aliphatic carbocycles. The zero-order valence-electron chi connectivity index (χ0n) is 11.2. The average molecular weight is 240 g/mol. The summed E-state index contributed by atoms with van der Waals surface area (Å²) in [5, 5.41) is 0. The van der Waals surface area contributed by atoms with Gasteiger partial charge in [-0.2, -0.15) is 0 Å². The van der Waals surface area contributed by atoms with E-state index < -0.39 is 0 Å². The Labute approximate surface area is 105 Å². The van der Waals surface area contributed by atoms with Crippen molar-refractivity contribution < 1.29 is 4.74 Å². The van der Waals surface area contributed by atoms with Crippen molar-refractivity contribution in [3.63, 3.8) is 0 Å². The third-order valence-corrected chi connectivity index (χ3v) is 4.76. The minimum absolute atomic E-state index is 0.0251. The first-order valence-electron chi connectivity index (χ1n) is 7.41. The van der Waals surface area contributed by atoms with Crippen molar-refractivity contribution in [2.75, 3.05) is 6.61 Å². The summed E-state index contributed by atoms with van der Waals surface area (Å²) >= 11 is 0. The Kier molecular flexibility index (Phi) is 4.83. The van der Waals surface area contributed by atoms with E-state index in [1.807, 2.05) is 0 Å². The van der Waals surface area contributed by atoms with Gasteiger partial charge in [-0.3, -0.25) is 11.3 Å². The number of nitrogens with two attached hydrogens (primary N) is 1. The molecular weight excluding hydrogens is 212 g/mol.